The Morgan fingerprint density at radius 3 is 2.45 bits per heavy atom. The second kappa shape index (κ2) is 12.4. The van der Waals surface area contributed by atoms with Gasteiger partial charge in [-0.1, -0.05) is 25.4 Å². The van der Waals surface area contributed by atoms with E-state index in [4.69, 9.17) is 21.1 Å². The Hall–Kier alpha value is -3.25. The normalized spacial score (nSPS) is 11.4. The predicted molar refractivity (Wildman–Crippen MR) is 109 cm³/mol. The number of hydrogen-bond acceptors (Lipinski definition) is 8. The number of ether oxygens (including phenoxy) is 2. The molecular formula is C18H23ClN4O8. The average Bonchev–Trinajstić information content (AvgIpc) is 2.69. The molecule has 31 heavy (non-hydrogen) atoms. The van der Waals surface area contributed by atoms with Crippen LogP contribution >= 0.6 is 11.6 Å². The van der Waals surface area contributed by atoms with Crippen LogP contribution in [0.25, 0.3) is 0 Å². The first-order chi connectivity index (χ1) is 14.6. The van der Waals surface area contributed by atoms with E-state index in [1.807, 2.05) is 5.32 Å². The lowest BCUT2D eigenvalue weighted by Crippen LogP contribution is -2.47. The Labute approximate surface area is 182 Å². The molecule has 3 N–H and O–H groups in total. The molecule has 0 unspecified atom stereocenters. The fraction of sp³-hybridized carbons (Fsp3) is 0.444. The monoisotopic (exact) mass is 458 g/mol. The summed E-state index contributed by atoms with van der Waals surface area (Å²) in [5.74, 6) is -2.95. The van der Waals surface area contributed by atoms with Crippen molar-refractivity contribution in [3.8, 4) is 0 Å². The van der Waals surface area contributed by atoms with Gasteiger partial charge < -0.3 is 20.1 Å². The van der Waals surface area contributed by atoms with Crippen LogP contribution in [0, 0.1) is 16.0 Å². The number of non-ortho nitro benzene ring substituents is 1. The van der Waals surface area contributed by atoms with Crippen molar-refractivity contribution < 1.29 is 33.6 Å². The van der Waals surface area contributed by atoms with Crippen LogP contribution in [0.5, 0.6) is 0 Å². The van der Waals surface area contributed by atoms with Crippen LogP contribution in [-0.4, -0.2) is 61.6 Å². The van der Waals surface area contributed by atoms with Crippen molar-refractivity contribution >= 4 is 41.1 Å². The minimum absolute atomic E-state index is 0.0730. The molecular weight excluding hydrogens is 436 g/mol. The number of nitro benzene ring substituents is 1. The van der Waals surface area contributed by atoms with Gasteiger partial charge in [0, 0.05) is 25.8 Å². The summed E-state index contributed by atoms with van der Waals surface area (Å²) in [6.07, 6.45) is 0. The van der Waals surface area contributed by atoms with Crippen molar-refractivity contribution in [2.24, 2.45) is 5.92 Å². The summed E-state index contributed by atoms with van der Waals surface area (Å²) < 4.78 is 9.62. The van der Waals surface area contributed by atoms with E-state index in [9.17, 15) is 29.3 Å². The van der Waals surface area contributed by atoms with E-state index in [-0.39, 0.29) is 29.4 Å². The summed E-state index contributed by atoms with van der Waals surface area (Å²) in [6, 6.07) is 1.36. The molecule has 1 atom stereocenters. The molecule has 0 fully saturated rings. The molecule has 0 aromatic heterocycles. The van der Waals surface area contributed by atoms with E-state index in [0.29, 0.717) is 0 Å². The number of carbonyl (C=O) groups excluding carboxylic acids is 4. The van der Waals surface area contributed by atoms with Crippen LogP contribution in [0.1, 0.15) is 24.2 Å². The third kappa shape index (κ3) is 8.56. The smallest absolute Gasteiger partial charge is 0.329 e. The number of amides is 4. The summed E-state index contributed by atoms with van der Waals surface area (Å²) in [7, 11) is 1.45. The van der Waals surface area contributed by atoms with Gasteiger partial charge in [0.2, 0.25) is 0 Å². The van der Waals surface area contributed by atoms with Crippen molar-refractivity contribution in [2.75, 3.05) is 26.9 Å². The zero-order chi connectivity index (χ0) is 23.6. The van der Waals surface area contributed by atoms with E-state index in [0.717, 1.165) is 18.2 Å². The van der Waals surface area contributed by atoms with Crippen LogP contribution in [0.4, 0.5) is 10.5 Å². The highest BCUT2D eigenvalue weighted by atomic mass is 35.5. The number of urea groups is 1. The van der Waals surface area contributed by atoms with Crippen molar-refractivity contribution in [3.63, 3.8) is 0 Å². The van der Waals surface area contributed by atoms with E-state index in [2.05, 4.69) is 10.6 Å². The summed E-state index contributed by atoms with van der Waals surface area (Å²) in [5, 5.41) is 17.4. The number of esters is 1. The SMILES string of the molecule is COCCNC(=O)NC(=O)COC(=O)[C@@H](NC(=O)c1ccc([N+](=O)[O-])cc1Cl)C(C)C. The fourth-order valence-electron chi connectivity index (χ4n) is 2.22. The first kappa shape index (κ1) is 25.8. The second-order valence-corrected chi connectivity index (χ2v) is 6.93. The maximum absolute atomic E-state index is 12.5. The second-order valence-electron chi connectivity index (χ2n) is 6.52. The molecule has 0 spiro atoms. The number of nitrogens with one attached hydrogen (secondary N) is 3. The number of carbonyl (C=O) groups is 4. The molecule has 0 bridgehead atoms. The lowest BCUT2D eigenvalue weighted by molar-refractivity contribution is -0.384. The molecule has 0 radical (unpaired) electrons. The molecule has 0 aliphatic rings. The highest BCUT2D eigenvalue weighted by molar-refractivity contribution is 6.34. The molecule has 13 heteroatoms. The van der Waals surface area contributed by atoms with Gasteiger partial charge in [0.15, 0.2) is 6.61 Å². The van der Waals surface area contributed by atoms with Gasteiger partial charge in [-0.2, -0.15) is 0 Å². The van der Waals surface area contributed by atoms with Crippen LogP contribution in [0.15, 0.2) is 18.2 Å². The minimum atomic E-state index is -1.14. The van der Waals surface area contributed by atoms with E-state index >= 15 is 0 Å². The zero-order valence-corrected chi connectivity index (χ0v) is 17.9. The summed E-state index contributed by atoms with van der Waals surface area (Å²) in [4.78, 5) is 58.1. The molecule has 170 valence electrons. The van der Waals surface area contributed by atoms with Gasteiger partial charge in [-0.05, 0) is 12.0 Å². The molecule has 0 aliphatic carbocycles. The fourth-order valence-corrected chi connectivity index (χ4v) is 2.48. The van der Waals surface area contributed by atoms with E-state index in [1.165, 1.54) is 7.11 Å². The van der Waals surface area contributed by atoms with Gasteiger partial charge >= 0.3 is 12.0 Å². The number of imide groups is 1. The standard InChI is InChI=1S/C18H23ClN4O8/c1-10(2)15(17(26)31-9-14(24)21-18(27)20-6-7-30-3)22-16(25)12-5-4-11(23(28)29)8-13(12)19/h4-5,8,10,15H,6-7,9H2,1-3H3,(H,22,25)(H2,20,21,24,27)/t15-/m0/s1. The third-order valence-corrected chi connectivity index (χ3v) is 4.12. The van der Waals surface area contributed by atoms with Crippen LogP contribution < -0.4 is 16.0 Å². The van der Waals surface area contributed by atoms with Crippen LogP contribution in [0.3, 0.4) is 0 Å². The Balaban J connectivity index is 2.68. The molecule has 1 rings (SSSR count). The summed E-state index contributed by atoms with van der Waals surface area (Å²) in [5.41, 5.74) is -0.366. The van der Waals surface area contributed by atoms with E-state index < -0.39 is 47.3 Å². The Bertz CT molecular complexity index is 846. The highest BCUT2D eigenvalue weighted by Gasteiger charge is 2.28. The molecule has 1 aromatic carbocycles. The van der Waals surface area contributed by atoms with Crippen molar-refractivity contribution in [2.45, 2.75) is 19.9 Å². The number of hydrogen-bond donors (Lipinski definition) is 3. The largest absolute Gasteiger partial charge is 0.454 e. The van der Waals surface area contributed by atoms with Gasteiger partial charge in [-0.3, -0.25) is 25.0 Å². The number of benzene rings is 1. The molecule has 0 saturated heterocycles. The maximum Gasteiger partial charge on any atom is 0.329 e. The lowest BCUT2D eigenvalue weighted by atomic mass is 10.0. The van der Waals surface area contributed by atoms with Crippen molar-refractivity contribution in [3.05, 3.63) is 38.9 Å². The number of halogens is 1. The van der Waals surface area contributed by atoms with Crippen LogP contribution in [-0.2, 0) is 19.1 Å². The first-order valence-electron chi connectivity index (χ1n) is 9.04. The first-order valence-corrected chi connectivity index (χ1v) is 9.42. The summed E-state index contributed by atoms with van der Waals surface area (Å²) >= 11 is 5.93. The van der Waals surface area contributed by atoms with E-state index in [1.54, 1.807) is 13.8 Å². The molecule has 4 amide bonds. The maximum atomic E-state index is 12.5. The van der Waals surface area contributed by atoms with Gasteiger partial charge in [-0.15, -0.1) is 0 Å². The summed E-state index contributed by atoms with van der Waals surface area (Å²) in [6.45, 7) is 2.96. The molecule has 0 saturated carbocycles. The number of nitro groups is 1. The zero-order valence-electron chi connectivity index (χ0n) is 17.1. The topological polar surface area (TPSA) is 166 Å². The van der Waals surface area contributed by atoms with Crippen molar-refractivity contribution in [1.29, 1.82) is 0 Å². The van der Waals surface area contributed by atoms with Crippen molar-refractivity contribution in [1.82, 2.24) is 16.0 Å². The third-order valence-electron chi connectivity index (χ3n) is 3.81. The molecule has 1 aromatic rings. The average molecular weight is 459 g/mol. The predicted octanol–water partition coefficient (Wildman–Crippen LogP) is 1.02. The molecule has 0 aliphatic heterocycles. The van der Waals surface area contributed by atoms with Gasteiger partial charge in [0.1, 0.15) is 6.04 Å². The number of nitrogens with zero attached hydrogens (tertiary/aromatic N) is 1. The Morgan fingerprint density at radius 1 is 1.23 bits per heavy atom. The Kier molecular flexibility index (Phi) is 10.4. The van der Waals surface area contributed by atoms with Crippen LogP contribution in [0.2, 0.25) is 5.02 Å². The quantitative estimate of drug-likeness (QED) is 0.202. The Morgan fingerprint density at radius 2 is 1.90 bits per heavy atom. The van der Waals surface area contributed by atoms with Gasteiger partial charge in [0.25, 0.3) is 17.5 Å². The van der Waals surface area contributed by atoms with Gasteiger partial charge in [-0.25, -0.2) is 9.59 Å². The number of rotatable bonds is 10. The van der Waals surface area contributed by atoms with Gasteiger partial charge in [0.05, 0.1) is 22.1 Å². The highest BCUT2D eigenvalue weighted by Crippen LogP contribution is 2.22. The molecule has 0 heterocycles. The number of methoxy groups -OCH3 is 1. The minimum Gasteiger partial charge on any atom is -0.454 e. The molecule has 12 nitrogen and oxygen atoms in total. The lowest BCUT2D eigenvalue weighted by Gasteiger charge is -2.21.